The van der Waals surface area contributed by atoms with Gasteiger partial charge in [-0.05, 0) is 106 Å². The average molecular weight is 1460 g/mol. The Morgan fingerprint density at radius 3 is 0.657 bits per heavy atom. The van der Waals surface area contributed by atoms with E-state index in [0.717, 1.165) is 25.7 Å². The zero-order chi connectivity index (χ0) is 74.0. The van der Waals surface area contributed by atoms with Crippen molar-refractivity contribution in [1.29, 1.82) is 0 Å². The lowest BCUT2D eigenvalue weighted by Crippen LogP contribution is -2.53. The van der Waals surface area contributed by atoms with Crippen LogP contribution in [0.25, 0.3) is 0 Å². The fourth-order valence-corrected chi connectivity index (χ4v) is 22.8. The Morgan fingerprint density at radius 1 is 0.181 bits per heavy atom. The third-order valence-corrected chi connectivity index (χ3v) is 27.1. The average Bonchev–Trinajstić information content (AvgIpc) is 1.55. The minimum atomic E-state index is -0.786. The number of hydrogen-bond donors (Lipinski definition) is 0. The van der Waals surface area contributed by atoms with Crippen LogP contribution >= 0.6 is 0 Å². The minimum Gasteiger partial charge on any atom is -0.393 e. The van der Waals surface area contributed by atoms with Gasteiger partial charge in [-0.1, -0.05) is 12.2 Å². The molecule has 11 saturated carbocycles. The van der Waals surface area contributed by atoms with E-state index in [1.54, 1.807) is 12.2 Å². The molecule has 24 atom stereocenters. The molecule has 0 N–H and O–H groups in total. The first-order chi connectivity index (χ1) is 50.0. The van der Waals surface area contributed by atoms with Gasteiger partial charge in [0, 0.05) is 23.7 Å². The van der Waals surface area contributed by atoms with Crippen molar-refractivity contribution in [1.82, 2.24) is 0 Å². The quantitative estimate of drug-likeness (QED) is 0.119. The summed E-state index contributed by atoms with van der Waals surface area (Å²) in [4.78, 5) is 277. The molecule has 0 amide bonds. The maximum absolute atomic E-state index is 11.9. The second kappa shape index (κ2) is 24.1. The Kier molecular flexibility index (Phi) is 15.5. The molecule has 35 heteroatoms. The van der Waals surface area contributed by atoms with Crippen LogP contribution in [0.4, 0.5) is 0 Å². The zero-order valence-corrected chi connectivity index (χ0v) is 54.4. The maximum Gasteiger partial charge on any atom is 0.318 e. The largest absolute Gasteiger partial charge is 0.393 e. The molecule has 24 aliphatic rings. The van der Waals surface area contributed by atoms with E-state index in [2.05, 4.69) is 37.9 Å². The lowest BCUT2D eigenvalue weighted by molar-refractivity contribution is -0.158. The second-order valence-electron chi connectivity index (χ2n) is 31.1. The number of esters is 22. The van der Waals surface area contributed by atoms with Crippen molar-refractivity contribution in [3.05, 3.63) is 12.2 Å². The molecule has 0 aromatic carbocycles. The standard InChI is InChI=1S/C16H18O6.C13H12O5.C12H8O6.C11H8O6.C10H8O6.C8H4O6/c17-13-9-3-1-7(5-11(9)15(19)21-13)8-2-4-10-12(6-8)16(20)22-14(10)18;14-6-3-7(15)9-5-2-1-4(8(6)9)10-11(5)13(17)18-12(10)16;13-9-5-3-1-2-4(7(5)11(15)17-9)8-6(3)10(14)18-12(8)16;12-8-4-2-1-3(6(4)10(14)16-8)7-5(2)9(13)17-11(7)15;11-7-3-1-4-6(10(14)16-8(4)12)2-5(3)9(13)15-7;9-5-1-2(6(10)13-5)4-3(1)7(11)14-8(4)12/h7-12H,1-6H2;4-5,8-11H,1-3H2;1-8H;2-7H,1H2;3-6H,1-2H2;1-4H. The number of Topliss-reactive ketones (excluding diaryl/α,β-unsaturated/α-hetero) is 2. The summed E-state index contributed by atoms with van der Waals surface area (Å²) in [5.74, 6) is -26.2. The Morgan fingerprint density at radius 2 is 0.390 bits per heavy atom. The van der Waals surface area contributed by atoms with Gasteiger partial charge in [0.2, 0.25) is 0 Å². The van der Waals surface area contributed by atoms with Crippen molar-refractivity contribution in [2.45, 2.75) is 77.0 Å². The van der Waals surface area contributed by atoms with Crippen LogP contribution in [0.1, 0.15) is 77.0 Å². The molecule has 11 heterocycles. The van der Waals surface area contributed by atoms with Gasteiger partial charge >= 0.3 is 131 Å². The third-order valence-electron chi connectivity index (χ3n) is 27.1. The zero-order valence-electron chi connectivity index (χ0n) is 54.4. The Balaban J connectivity index is 0.0000000934. The van der Waals surface area contributed by atoms with Crippen molar-refractivity contribution < 1.29 is 167 Å². The Hall–Kier alpha value is -10.4. The molecule has 35 nitrogen and oxygen atoms in total. The lowest BCUT2D eigenvalue weighted by atomic mass is 9.51. The van der Waals surface area contributed by atoms with Gasteiger partial charge in [0.15, 0.2) is 0 Å². The third kappa shape index (κ3) is 9.91. The number of allylic oxidation sites excluding steroid dienone is 2. The van der Waals surface area contributed by atoms with Crippen LogP contribution in [0.5, 0.6) is 0 Å². The first kappa shape index (κ1) is 67.8. The molecule has 24 unspecified atom stereocenters. The van der Waals surface area contributed by atoms with Crippen LogP contribution in [0.3, 0.4) is 0 Å². The molecule has 13 aliphatic carbocycles. The van der Waals surface area contributed by atoms with Crippen molar-refractivity contribution in [2.24, 2.45) is 189 Å². The first-order valence-electron chi connectivity index (χ1n) is 35.1. The lowest BCUT2D eigenvalue weighted by Gasteiger charge is -2.48. The van der Waals surface area contributed by atoms with Crippen LogP contribution in [0.15, 0.2) is 12.2 Å². The molecule has 11 saturated heterocycles. The van der Waals surface area contributed by atoms with Crippen molar-refractivity contribution in [3.8, 4) is 0 Å². The molecule has 548 valence electrons. The smallest absolute Gasteiger partial charge is 0.318 e. The van der Waals surface area contributed by atoms with E-state index in [9.17, 15) is 115 Å². The molecule has 0 radical (unpaired) electrons. The van der Waals surface area contributed by atoms with Crippen molar-refractivity contribution in [2.75, 3.05) is 0 Å². The summed E-state index contributed by atoms with van der Waals surface area (Å²) in [5.41, 5.74) is 0. The normalized spacial score (nSPS) is 46.3. The highest BCUT2D eigenvalue weighted by Crippen LogP contribution is 2.65. The molecule has 0 aromatic rings. The number of carbonyl (C=O) groups is 24. The highest BCUT2D eigenvalue weighted by Gasteiger charge is 2.75. The summed E-state index contributed by atoms with van der Waals surface area (Å²) < 4.78 is 50.4. The van der Waals surface area contributed by atoms with Gasteiger partial charge in [0.05, 0.1) is 137 Å². The van der Waals surface area contributed by atoms with Gasteiger partial charge in [-0.25, -0.2) is 0 Å². The monoisotopic (exact) mass is 1460 g/mol. The second-order valence-corrected chi connectivity index (χ2v) is 31.1. The number of ether oxygens (including phenoxy) is 11. The topological polar surface area (TPSA) is 511 Å². The summed E-state index contributed by atoms with van der Waals surface area (Å²) in [7, 11) is 0. The number of fused-ring (bicyclic) bond motifs is 17. The summed E-state index contributed by atoms with van der Waals surface area (Å²) in [6, 6.07) is 0. The molecule has 105 heavy (non-hydrogen) atoms. The summed E-state index contributed by atoms with van der Waals surface area (Å²) >= 11 is 0. The van der Waals surface area contributed by atoms with Gasteiger partial charge in [0.1, 0.15) is 11.6 Å². The van der Waals surface area contributed by atoms with Crippen molar-refractivity contribution >= 4 is 143 Å². The van der Waals surface area contributed by atoms with Crippen molar-refractivity contribution in [3.63, 3.8) is 0 Å². The van der Waals surface area contributed by atoms with Gasteiger partial charge in [0.25, 0.3) is 0 Å². The van der Waals surface area contributed by atoms with Gasteiger partial charge in [-0.3, -0.25) is 115 Å². The fraction of sp³-hybridized carbons (Fsp3) is 0.629. The van der Waals surface area contributed by atoms with Gasteiger partial charge in [-0.15, -0.1) is 0 Å². The number of carbonyl (C=O) groups excluding carboxylic acids is 24. The fourth-order valence-electron chi connectivity index (χ4n) is 22.8. The van der Waals surface area contributed by atoms with Gasteiger partial charge in [-0.2, -0.15) is 0 Å². The Labute approximate surface area is 586 Å². The van der Waals surface area contributed by atoms with E-state index >= 15 is 0 Å². The van der Waals surface area contributed by atoms with Crippen LogP contribution in [0.2, 0.25) is 0 Å². The SMILES string of the molecule is O=C1CC(=O)C2C3CCC(C12)C1C(=O)OC(=O)C31.O=C1OC(=O)C2C1C1C(=O)OC(=O)C21.O=C1OC(=O)C2C3C=CC(C12)C1C(=O)OC(=O)C31.O=C1OC(=O)C2C3CC(C12)C1C(=O)OC(=O)C31.O=C1OC(=O)C2CC(C3CCC4C(=O)OC(=O)C4C3)CCC12.O=C1OC(=O)C2CC3C(=O)OC(=O)C3CC12. The van der Waals surface area contributed by atoms with Gasteiger partial charge < -0.3 is 52.1 Å². The molecule has 0 spiro atoms. The summed E-state index contributed by atoms with van der Waals surface area (Å²) in [5, 5.41) is 0. The highest BCUT2D eigenvalue weighted by molar-refractivity contribution is 6.12. The Bertz CT molecular complexity index is 3850. The number of rotatable bonds is 1. The van der Waals surface area contributed by atoms with E-state index in [0.29, 0.717) is 43.9 Å². The molecule has 11 aliphatic heterocycles. The van der Waals surface area contributed by atoms with E-state index in [4.69, 9.17) is 14.2 Å². The van der Waals surface area contributed by atoms with Crippen LogP contribution in [0, 0.1) is 189 Å². The minimum absolute atomic E-state index is 0.00892. The molecule has 24 rings (SSSR count). The maximum atomic E-state index is 11.9. The van der Waals surface area contributed by atoms with E-state index in [1.165, 1.54) is 0 Å². The molecular weight excluding hydrogens is 1400 g/mol. The van der Waals surface area contributed by atoms with E-state index in [1.807, 2.05) is 0 Å². The number of hydrogen-bond acceptors (Lipinski definition) is 35. The summed E-state index contributed by atoms with van der Waals surface area (Å²) in [6.07, 6.45) is 10.4. The van der Waals surface area contributed by atoms with E-state index < -0.39 is 226 Å². The van der Waals surface area contributed by atoms with Crippen LogP contribution in [-0.2, 0) is 167 Å². The number of cyclic esters (lactones) is 22. The first-order valence-corrected chi connectivity index (χ1v) is 35.1. The van der Waals surface area contributed by atoms with E-state index in [-0.39, 0.29) is 114 Å². The molecule has 6 bridgehead atoms. The molecule has 22 fully saturated rings. The number of ketones is 2. The van der Waals surface area contributed by atoms with Crippen LogP contribution in [-0.4, -0.2) is 143 Å². The molecular formula is C70H58O35. The predicted octanol–water partition coefficient (Wildman–Crippen LogP) is -1.92. The van der Waals surface area contributed by atoms with Crippen LogP contribution < -0.4 is 0 Å². The highest BCUT2D eigenvalue weighted by atomic mass is 16.6. The predicted molar refractivity (Wildman–Crippen MR) is 308 cm³/mol. The summed E-state index contributed by atoms with van der Waals surface area (Å²) in [6.45, 7) is 0. The molecule has 0 aromatic heterocycles.